The Bertz CT molecular complexity index is 995. The van der Waals surface area contributed by atoms with Crippen LogP contribution in [0.4, 0.5) is 0 Å². The summed E-state index contributed by atoms with van der Waals surface area (Å²) in [5, 5.41) is 0. The van der Waals surface area contributed by atoms with Crippen molar-refractivity contribution in [1.82, 2.24) is 0 Å². The van der Waals surface area contributed by atoms with Gasteiger partial charge in [-0.3, -0.25) is 0 Å². The van der Waals surface area contributed by atoms with Gasteiger partial charge in [0.05, 0.1) is 5.41 Å². The molecule has 0 N–H and O–H groups in total. The van der Waals surface area contributed by atoms with E-state index in [2.05, 4.69) is 97.1 Å². The predicted octanol–water partition coefficient (Wildman–Crippen LogP) is 6.53. The Kier molecular flexibility index (Phi) is 3.64. The molecule has 126 valence electrons. The zero-order valence-corrected chi connectivity index (χ0v) is 14.9. The Morgan fingerprint density at radius 2 is 1.50 bits per heavy atom. The fourth-order valence-electron chi connectivity index (χ4n) is 4.75. The molecular weight excluding hydrogens is 312 g/mol. The number of benzene rings is 2. The Morgan fingerprint density at radius 3 is 2.35 bits per heavy atom. The fourth-order valence-corrected chi connectivity index (χ4v) is 4.75. The second-order valence-electron chi connectivity index (χ2n) is 7.17. The zero-order chi connectivity index (χ0) is 17.4. The largest absolute Gasteiger partial charge is 0.0839 e. The van der Waals surface area contributed by atoms with Gasteiger partial charge in [0.15, 0.2) is 0 Å². The van der Waals surface area contributed by atoms with Gasteiger partial charge in [0.2, 0.25) is 0 Å². The molecule has 0 heteroatoms. The first-order chi connectivity index (χ1) is 12.9. The van der Waals surface area contributed by atoms with E-state index in [1.165, 1.54) is 33.4 Å². The van der Waals surface area contributed by atoms with Gasteiger partial charge in [-0.25, -0.2) is 0 Å². The topological polar surface area (TPSA) is 0 Å². The summed E-state index contributed by atoms with van der Waals surface area (Å²) in [5.41, 5.74) is 8.12. The third-order valence-electron chi connectivity index (χ3n) is 5.79. The van der Waals surface area contributed by atoms with Crippen LogP contribution in [-0.4, -0.2) is 0 Å². The van der Waals surface area contributed by atoms with Crippen LogP contribution in [0.2, 0.25) is 0 Å². The normalized spacial score (nSPS) is 23.5. The van der Waals surface area contributed by atoms with E-state index in [9.17, 15) is 0 Å². The molecule has 0 fully saturated rings. The van der Waals surface area contributed by atoms with Crippen LogP contribution < -0.4 is 0 Å². The third-order valence-corrected chi connectivity index (χ3v) is 5.79. The lowest BCUT2D eigenvalue weighted by molar-refractivity contribution is 0.745. The molecule has 3 aliphatic rings. The lowest BCUT2D eigenvalue weighted by atomic mass is 9.65. The maximum Gasteiger partial charge on any atom is 0.0710 e. The van der Waals surface area contributed by atoms with Gasteiger partial charge < -0.3 is 0 Å². The van der Waals surface area contributed by atoms with Crippen molar-refractivity contribution in [2.45, 2.75) is 24.7 Å². The van der Waals surface area contributed by atoms with Gasteiger partial charge in [-0.2, -0.15) is 0 Å². The van der Waals surface area contributed by atoms with E-state index in [1.54, 1.807) is 0 Å². The van der Waals surface area contributed by atoms with Crippen molar-refractivity contribution in [3.05, 3.63) is 125 Å². The van der Waals surface area contributed by atoms with E-state index in [0.717, 1.165) is 19.3 Å². The first kappa shape index (κ1) is 15.4. The molecule has 0 aliphatic heterocycles. The molecular formula is C26H22. The average molecular weight is 334 g/mol. The third kappa shape index (κ3) is 2.08. The van der Waals surface area contributed by atoms with Crippen molar-refractivity contribution in [2.24, 2.45) is 0 Å². The molecule has 0 saturated heterocycles. The highest BCUT2D eigenvalue weighted by molar-refractivity contribution is 5.92. The number of hydrogen-bond donors (Lipinski definition) is 0. The van der Waals surface area contributed by atoms with E-state index in [1.807, 2.05) is 0 Å². The molecule has 0 spiro atoms. The summed E-state index contributed by atoms with van der Waals surface area (Å²) in [5.74, 6) is 0. The molecule has 1 atom stereocenters. The molecule has 0 radical (unpaired) electrons. The highest BCUT2D eigenvalue weighted by Crippen LogP contribution is 2.56. The minimum atomic E-state index is -0.213. The van der Waals surface area contributed by atoms with E-state index >= 15 is 0 Å². The van der Waals surface area contributed by atoms with Gasteiger partial charge in [-0.1, -0.05) is 97.1 Å². The van der Waals surface area contributed by atoms with Crippen LogP contribution in [0.1, 0.15) is 36.0 Å². The lowest BCUT2D eigenvalue weighted by Crippen LogP contribution is -2.30. The van der Waals surface area contributed by atoms with Crippen molar-refractivity contribution in [3.8, 4) is 0 Å². The lowest BCUT2D eigenvalue weighted by Gasteiger charge is -2.36. The summed E-state index contributed by atoms with van der Waals surface area (Å²) in [4.78, 5) is 0. The molecule has 2 aromatic carbocycles. The molecule has 3 aliphatic carbocycles. The number of hydrogen-bond acceptors (Lipinski definition) is 0. The Labute approximate surface area is 155 Å². The zero-order valence-electron chi connectivity index (χ0n) is 14.9. The first-order valence-corrected chi connectivity index (χ1v) is 9.53. The SMILES string of the molecule is C1=CC2=C(C=CC1)C(C1=CCCC=C1)(c1ccccc1)c1ccccc12. The smallest absolute Gasteiger partial charge is 0.0710 e. The van der Waals surface area contributed by atoms with E-state index in [4.69, 9.17) is 0 Å². The molecule has 0 aromatic heterocycles. The highest BCUT2D eigenvalue weighted by Gasteiger charge is 2.46. The van der Waals surface area contributed by atoms with Gasteiger partial charge in [-0.05, 0) is 52.7 Å². The summed E-state index contributed by atoms with van der Waals surface area (Å²) in [6.45, 7) is 0. The van der Waals surface area contributed by atoms with E-state index in [0.29, 0.717) is 0 Å². The Morgan fingerprint density at radius 1 is 0.692 bits per heavy atom. The van der Waals surface area contributed by atoms with Crippen molar-refractivity contribution < 1.29 is 0 Å². The first-order valence-electron chi connectivity index (χ1n) is 9.53. The summed E-state index contributed by atoms with van der Waals surface area (Å²) in [6.07, 6.45) is 19.7. The van der Waals surface area contributed by atoms with Gasteiger partial charge >= 0.3 is 0 Å². The quantitative estimate of drug-likeness (QED) is 0.585. The fraction of sp³-hybridized carbons (Fsp3) is 0.154. The minimum Gasteiger partial charge on any atom is -0.0839 e. The monoisotopic (exact) mass is 334 g/mol. The van der Waals surface area contributed by atoms with Crippen LogP contribution in [0.25, 0.3) is 5.57 Å². The maximum atomic E-state index is 2.45. The van der Waals surface area contributed by atoms with E-state index in [-0.39, 0.29) is 5.41 Å². The van der Waals surface area contributed by atoms with Gasteiger partial charge in [0.1, 0.15) is 0 Å². The van der Waals surface area contributed by atoms with Crippen LogP contribution >= 0.6 is 0 Å². The van der Waals surface area contributed by atoms with E-state index < -0.39 is 0 Å². The highest BCUT2D eigenvalue weighted by atomic mass is 14.5. The summed E-state index contributed by atoms with van der Waals surface area (Å²) in [6, 6.07) is 20.0. The summed E-state index contributed by atoms with van der Waals surface area (Å²) in [7, 11) is 0. The van der Waals surface area contributed by atoms with Crippen molar-refractivity contribution in [1.29, 1.82) is 0 Å². The standard InChI is InChI=1S/C26H22/c1-4-12-20(13-5-1)26(21-14-6-2-7-15-21)24-18-9-3-8-16-22(24)23-17-10-11-19-25(23)26/h1,4-6,8-19H,2-3,7H2. The molecule has 5 rings (SSSR count). The molecule has 0 nitrogen and oxygen atoms in total. The average Bonchev–Trinajstić information content (AvgIpc) is 2.84. The van der Waals surface area contributed by atoms with Crippen LogP contribution in [0.5, 0.6) is 0 Å². The van der Waals surface area contributed by atoms with Crippen LogP contribution in [-0.2, 0) is 5.41 Å². The van der Waals surface area contributed by atoms with Crippen LogP contribution in [0.15, 0.2) is 108 Å². The van der Waals surface area contributed by atoms with Gasteiger partial charge in [0.25, 0.3) is 0 Å². The van der Waals surface area contributed by atoms with Crippen molar-refractivity contribution in [3.63, 3.8) is 0 Å². The van der Waals surface area contributed by atoms with Gasteiger partial charge in [0, 0.05) is 0 Å². The number of allylic oxidation sites excluding steroid dienone is 10. The molecule has 1 unspecified atom stereocenters. The molecule has 0 bridgehead atoms. The molecule has 2 aromatic rings. The maximum absolute atomic E-state index is 2.45. The molecule has 0 saturated carbocycles. The second kappa shape index (κ2) is 6.14. The second-order valence-corrected chi connectivity index (χ2v) is 7.17. The van der Waals surface area contributed by atoms with Crippen molar-refractivity contribution in [2.75, 3.05) is 0 Å². The van der Waals surface area contributed by atoms with Crippen molar-refractivity contribution >= 4 is 5.57 Å². The Hall–Kier alpha value is -2.86. The molecule has 0 heterocycles. The predicted molar refractivity (Wildman–Crippen MR) is 110 cm³/mol. The minimum absolute atomic E-state index is 0.213. The van der Waals surface area contributed by atoms with Gasteiger partial charge in [-0.15, -0.1) is 0 Å². The molecule has 0 amide bonds. The van der Waals surface area contributed by atoms with Crippen LogP contribution in [0, 0.1) is 0 Å². The number of fused-ring (bicyclic) bond motifs is 2. The molecule has 26 heavy (non-hydrogen) atoms. The van der Waals surface area contributed by atoms with Crippen LogP contribution in [0.3, 0.4) is 0 Å². The number of rotatable bonds is 2. The summed E-state index contributed by atoms with van der Waals surface area (Å²) < 4.78 is 0. The summed E-state index contributed by atoms with van der Waals surface area (Å²) >= 11 is 0. The Balaban J connectivity index is 1.92.